The Morgan fingerprint density at radius 3 is 2.67 bits per heavy atom. The van der Waals surface area contributed by atoms with Gasteiger partial charge in [-0.15, -0.1) is 0 Å². The Balaban J connectivity index is 1.53. The molecule has 122 valence electrons. The maximum atomic E-state index is 12.7. The lowest BCUT2D eigenvalue weighted by Gasteiger charge is -2.40. The lowest BCUT2D eigenvalue weighted by molar-refractivity contribution is -0.138. The highest BCUT2D eigenvalue weighted by atomic mass is 16.4. The maximum absolute atomic E-state index is 12.7. The molecule has 0 spiro atoms. The SMILES string of the molecule is C[C@@H](C(=O)N1CC(c2ccncc2)C1)n1c(=O)oc2ccccc21. The van der Waals surface area contributed by atoms with E-state index < -0.39 is 11.8 Å². The first-order chi connectivity index (χ1) is 11.6. The number of pyridine rings is 1. The minimum Gasteiger partial charge on any atom is -0.408 e. The summed E-state index contributed by atoms with van der Waals surface area (Å²) in [6.07, 6.45) is 3.53. The number of carbonyl (C=O) groups excluding carboxylic acids is 1. The lowest BCUT2D eigenvalue weighted by atomic mass is 9.91. The Kier molecular flexibility index (Phi) is 3.45. The second-order valence-electron chi connectivity index (χ2n) is 6.10. The van der Waals surface area contributed by atoms with E-state index in [0.717, 1.165) is 0 Å². The van der Waals surface area contributed by atoms with Crippen LogP contribution in [0, 0.1) is 0 Å². The van der Waals surface area contributed by atoms with Gasteiger partial charge in [-0.2, -0.15) is 0 Å². The van der Waals surface area contributed by atoms with Crippen LogP contribution in [-0.2, 0) is 4.79 Å². The number of nitrogens with zero attached hydrogens (tertiary/aromatic N) is 3. The average molecular weight is 323 g/mol. The molecule has 24 heavy (non-hydrogen) atoms. The summed E-state index contributed by atoms with van der Waals surface area (Å²) in [5.74, 6) is -0.223. The van der Waals surface area contributed by atoms with Crippen LogP contribution in [0.1, 0.15) is 24.4 Å². The van der Waals surface area contributed by atoms with Gasteiger partial charge in [0.25, 0.3) is 0 Å². The molecule has 6 heteroatoms. The minimum atomic E-state index is -0.584. The molecule has 0 aliphatic carbocycles. The Hall–Kier alpha value is -2.89. The van der Waals surface area contributed by atoms with E-state index in [2.05, 4.69) is 4.98 Å². The van der Waals surface area contributed by atoms with Crippen molar-refractivity contribution in [2.24, 2.45) is 0 Å². The molecular formula is C18H17N3O3. The molecule has 3 heterocycles. The molecule has 1 saturated heterocycles. The molecule has 3 aromatic rings. The topological polar surface area (TPSA) is 68.3 Å². The Bertz CT molecular complexity index is 939. The van der Waals surface area contributed by atoms with Crippen molar-refractivity contribution in [1.82, 2.24) is 14.5 Å². The summed E-state index contributed by atoms with van der Waals surface area (Å²) >= 11 is 0. The second kappa shape index (κ2) is 5.63. The van der Waals surface area contributed by atoms with Gasteiger partial charge in [0.2, 0.25) is 5.91 Å². The Morgan fingerprint density at radius 2 is 1.92 bits per heavy atom. The molecule has 2 aromatic heterocycles. The van der Waals surface area contributed by atoms with Crippen molar-refractivity contribution in [3.63, 3.8) is 0 Å². The van der Waals surface area contributed by atoms with Gasteiger partial charge in [-0.3, -0.25) is 14.3 Å². The van der Waals surface area contributed by atoms with Gasteiger partial charge in [0.15, 0.2) is 5.58 Å². The molecule has 0 N–H and O–H groups in total. The summed E-state index contributed by atoms with van der Waals surface area (Å²) in [4.78, 5) is 30.6. The third kappa shape index (κ3) is 2.31. The van der Waals surface area contributed by atoms with Crippen LogP contribution in [0.4, 0.5) is 0 Å². The van der Waals surface area contributed by atoms with Gasteiger partial charge >= 0.3 is 5.76 Å². The van der Waals surface area contributed by atoms with Gasteiger partial charge < -0.3 is 9.32 Å². The summed E-state index contributed by atoms with van der Waals surface area (Å²) in [5, 5.41) is 0. The van der Waals surface area contributed by atoms with Crippen LogP contribution in [0.25, 0.3) is 11.1 Å². The zero-order valence-corrected chi connectivity index (χ0v) is 13.3. The van der Waals surface area contributed by atoms with Crippen LogP contribution >= 0.6 is 0 Å². The fourth-order valence-corrected chi connectivity index (χ4v) is 3.23. The summed E-state index contributed by atoms with van der Waals surface area (Å²) in [6, 6.07) is 10.5. The van der Waals surface area contributed by atoms with E-state index in [1.54, 1.807) is 42.4 Å². The van der Waals surface area contributed by atoms with E-state index in [4.69, 9.17) is 4.42 Å². The van der Waals surface area contributed by atoms with Crippen LogP contribution in [0.15, 0.2) is 58.0 Å². The molecule has 0 unspecified atom stereocenters. The maximum Gasteiger partial charge on any atom is 0.420 e. The zero-order chi connectivity index (χ0) is 16.7. The summed E-state index contributed by atoms with van der Waals surface area (Å²) in [5.41, 5.74) is 2.34. The van der Waals surface area contributed by atoms with Crippen molar-refractivity contribution < 1.29 is 9.21 Å². The standard InChI is InChI=1S/C18H17N3O3/c1-12(21-15-4-2-3-5-16(15)24-18(21)23)17(22)20-10-14(11-20)13-6-8-19-9-7-13/h2-9,12,14H,10-11H2,1H3/t12-/m0/s1. The van der Waals surface area contributed by atoms with Crippen molar-refractivity contribution in [2.75, 3.05) is 13.1 Å². The van der Waals surface area contributed by atoms with Gasteiger partial charge in [-0.05, 0) is 36.8 Å². The number of fused-ring (bicyclic) bond motifs is 1. The first kappa shape index (κ1) is 14.7. The third-order valence-corrected chi connectivity index (χ3v) is 4.63. The second-order valence-corrected chi connectivity index (χ2v) is 6.10. The number of carbonyl (C=O) groups is 1. The van der Waals surface area contributed by atoms with Gasteiger partial charge in [0.1, 0.15) is 6.04 Å². The molecule has 1 fully saturated rings. The van der Waals surface area contributed by atoms with Gasteiger partial charge in [-0.1, -0.05) is 12.1 Å². The van der Waals surface area contributed by atoms with Crippen molar-refractivity contribution in [2.45, 2.75) is 18.9 Å². The highest BCUT2D eigenvalue weighted by Gasteiger charge is 2.35. The molecule has 1 aliphatic heterocycles. The Labute approximate surface area is 138 Å². The molecule has 1 aromatic carbocycles. The van der Waals surface area contributed by atoms with E-state index in [1.807, 2.05) is 18.2 Å². The average Bonchev–Trinajstić information content (AvgIpc) is 2.89. The number of hydrogen-bond donors (Lipinski definition) is 0. The minimum absolute atomic E-state index is 0.0611. The number of hydrogen-bond acceptors (Lipinski definition) is 4. The molecule has 0 bridgehead atoms. The highest BCUT2D eigenvalue weighted by molar-refractivity contribution is 5.83. The highest BCUT2D eigenvalue weighted by Crippen LogP contribution is 2.29. The van der Waals surface area contributed by atoms with Gasteiger partial charge in [-0.25, -0.2) is 4.79 Å². The quantitative estimate of drug-likeness (QED) is 0.741. The van der Waals surface area contributed by atoms with E-state index in [-0.39, 0.29) is 5.91 Å². The molecule has 0 saturated carbocycles. The molecule has 1 amide bonds. The summed E-state index contributed by atoms with van der Waals surface area (Å²) in [7, 11) is 0. The predicted octanol–water partition coefficient (Wildman–Crippen LogP) is 2.18. The smallest absolute Gasteiger partial charge is 0.408 e. The van der Waals surface area contributed by atoms with E-state index >= 15 is 0 Å². The number of amides is 1. The number of para-hydroxylation sites is 2. The number of oxazole rings is 1. The van der Waals surface area contributed by atoms with Crippen LogP contribution in [0.5, 0.6) is 0 Å². The molecule has 1 aliphatic rings. The number of likely N-dealkylation sites (tertiary alicyclic amines) is 1. The van der Waals surface area contributed by atoms with E-state index in [9.17, 15) is 9.59 Å². The zero-order valence-electron chi connectivity index (χ0n) is 13.3. The third-order valence-electron chi connectivity index (χ3n) is 4.63. The van der Waals surface area contributed by atoms with Crippen LogP contribution in [0.2, 0.25) is 0 Å². The molecule has 6 nitrogen and oxygen atoms in total. The van der Waals surface area contributed by atoms with E-state index in [1.165, 1.54) is 10.1 Å². The van der Waals surface area contributed by atoms with E-state index in [0.29, 0.717) is 30.1 Å². The van der Waals surface area contributed by atoms with Crippen LogP contribution in [0.3, 0.4) is 0 Å². The molecule has 0 radical (unpaired) electrons. The van der Waals surface area contributed by atoms with Crippen molar-refractivity contribution >= 4 is 17.0 Å². The first-order valence-electron chi connectivity index (χ1n) is 7.94. The lowest BCUT2D eigenvalue weighted by Crippen LogP contribution is -2.51. The number of rotatable bonds is 3. The molecule has 1 atom stereocenters. The first-order valence-corrected chi connectivity index (χ1v) is 7.94. The van der Waals surface area contributed by atoms with Crippen molar-refractivity contribution in [1.29, 1.82) is 0 Å². The monoisotopic (exact) mass is 323 g/mol. The van der Waals surface area contributed by atoms with Gasteiger partial charge in [0.05, 0.1) is 5.52 Å². The van der Waals surface area contributed by atoms with Crippen molar-refractivity contribution in [3.8, 4) is 0 Å². The summed E-state index contributed by atoms with van der Waals surface area (Å²) in [6.45, 7) is 3.07. The van der Waals surface area contributed by atoms with Crippen molar-refractivity contribution in [3.05, 3.63) is 64.9 Å². The van der Waals surface area contributed by atoms with Crippen LogP contribution < -0.4 is 5.76 Å². The fraction of sp³-hybridized carbons (Fsp3) is 0.278. The fourth-order valence-electron chi connectivity index (χ4n) is 3.23. The number of aromatic nitrogens is 2. The Morgan fingerprint density at radius 1 is 1.21 bits per heavy atom. The normalized spacial score (nSPS) is 16.1. The van der Waals surface area contributed by atoms with Crippen LogP contribution in [-0.4, -0.2) is 33.4 Å². The molecular weight excluding hydrogens is 306 g/mol. The molecule has 4 rings (SSSR count). The largest absolute Gasteiger partial charge is 0.420 e. The number of benzene rings is 1. The summed E-state index contributed by atoms with van der Waals surface area (Å²) < 4.78 is 6.65. The predicted molar refractivity (Wildman–Crippen MR) is 88.7 cm³/mol. The van der Waals surface area contributed by atoms with Gasteiger partial charge in [0, 0.05) is 31.4 Å².